The lowest BCUT2D eigenvalue weighted by molar-refractivity contribution is -0.131. The molecule has 0 bridgehead atoms. The van der Waals surface area contributed by atoms with Crippen LogP contribution in [-0.4, -0.2) is 28.6 Å². The van der Waals surface area contributed by atoms with Gasteiger partial charge >= 0.3 is 11.9 Å². The van der Waals surface area contributed by atoms with Crippen LogP contribution in [0.2, 0.25) is 0 Å². The van der Waals surface area contributed by atoms with Crippen LogP contribution >= 0.6 is 0 Å². The van der Waals surface area contributed by atoms with Gasteiger partial charge in [0.2, 0.25) is 5.76 Å². The molecule has 2 aromatic carbocycles. The minimum absolute atomic E-state index is 0.0308. The molecule has 9 nitrogen and oxygen atoms in total. The summed E-state index contributed by atoms with van der Waals surface area (Å²) < 4.78 is 15.5. The van der Waals surface area contributed by atoms with E-state index < -0.39 is 23.4 Å². The SMILES string of the molecule is CC(=O)Oc1ccc2c(C(=O)Nc3ccc(C#N)cc3C(=O)OC(C)(C)C)onc2c1. The molecule has 0 saturated heterocycles. The quantitative estimate of drug-likeness (QED) is 0.496. The van der Waals surface area contributed by atoms with Crippen molar-refractivity contribution >= 4 is 34.4 Å². The molecule has 1 amide bonds. The highest BCUT2D eigenvalue weighted by Gasteiger charge is 2.24. The fourth-order valence-electron chi connectivity index (χ4n) is 2.72. The Balaban J connectivity index is 1.92. The van der Waals surface area contributed by atoms with Crippen molar-refractivity contribution in [3.05, 3.63) is 53.3 Å². The number of hydrogen-bond acceptors (Lipinski definition) is 8. The normalized spacial score (nSPS) is 10.9. The van der Waals surface area contributed by atoms with Crippen LogP contribution in [0, 0.1) is 11.3 Å². The van der Waals surface area contributed by atoms with Gasteiger partial charge in [-0.3, -0.25) is 9.59 Å². The van der Waals surface area contributed by atoms with E-state index in [2.05, 4.69) is 10.5 Å². The molecular formula is C22H19N3O6. The number of esters is 2. The lowest BCUT2D eigenvalue weighted by Gasteiger charge is -2.20. The Morgan fingerprint density at radius 3 is 2.52 bits per heavy atom. The van der Waals surface area contributed by atoms with Gasteiger partial charge in [0.25, 0.3) is 5.91 Å². The summed E-state index contributed by atoms with van der Waals surface area (Å²) in [7, 11) is 0. The van der Waals surface area contributed by atoms with Crippen LogP contribution in [0.1, 0.15) is 54.2 Å². The van der Waals surface area contributed by atoms with Crippen molar-refractivity contribution in [2.45, 2.75) is 33.3 Å². The van der Waals surface area contributed by atoms with Crippen LogP contribution in [-0.2, 0) is 9.53 Å². The first kappa shape index (κ1) is 21.5. The molecule has 0 spiro atoms. The molecule has 0 saturated carbocycles. The Labute approximate surface area is 177 Å². The summed E-state index contributed by atoms with van der Waals surface area (Å²) >= 11 is 0. The minimum atomic E-state index is -0.762. The van der Waals surface area contributed by atoms with Gasteiger partial charge < -0.3 is 19.3 Å². The number of carbonyl (C=O) groups is 3. The molecule has 158 valence electrons. The first-order valence-corrected chi connectivity index (χ1v) is 9.24. The van der Waals surface area contributed by atoms with E-state index in [9.17, 15) is 14.4 Å². The first-order chi connectivity index (χ1) is 14.6. The molecule has 1 N–H and O–H groups in total. The maximum atomic E-state index is 12.8. The zero-order chi connectivity index (χ0) is 22.8. The van der Waals surface area contributed by atoms with Crippen LogP contribution in [0.5, 0.6) is 5.75 Å². The zero-order valence-corrected chi connectivity index (χ0v) is 17.3. The summed E-state index contributed by atoms with van der Waals surface area (Å²) in [6, 6.07) is 10.7. The van der Waals surface area contributed by atoms with Gasteiger partial charge in [-0.15, -0.1) is 0 Å². The Hall–Kier alpha value is -4.19. The molecule has 3 aromatic rings. The second-order valence-corrected chi connectivity index (χ2v) is 7.61. The van der Waals surface area contributed by atoms with E-state index in [4.69, 9.17) is 19.3 Å². The topological polar surface area (TPSA) is 132 Å². The molecule has 0 radical (unpaired) electrons. The summed E-state index contributed by atoms with van der Waals surface area (Å²) in [5.74, 6) is -1.66. The van der Waals surface area contributed by atoms with Crippen molar-refractivity contribution in [2.75, 3.05) is 5.32 Å². The fourth-order valence-corrected chi connectivity index (χ4v) is 2.72. The monoisotopic (exact) mass is 421 g/mol. The molecule has 0 unspecified atom stereocenters. The van der Waals surface area contributed by atoms with Crippen LogP contribution in [0.25, 0.3) is 10.9 Å². The number of hydrogen-bond donors (Lipinski definition) is 1. The van der Waals surface area contributed by atoms with Gasteiger partial charge in [-0.05, 0) is 51.1 Å². The van der Waals surface area contributed by atoms with E-state index in [1.807, 2.05) is 6.07 Å². The molecule has 0 atom stereocenters. The lowest BCUT2D eigenvalue weighted by Crippen LogP contribution is -2.25. The number of amides is 1. The van der Waals surface area contributed by atoms with Crippen molar-refractivity contribution in [3.63, 3.8) is 0 Å². The average Bonchev–Trinajstić information content (AvgIpc) is 3.09. The van der Waals surface area contributed by atoms with E-state index in [1.54, 1.807) is 20.8 Å². The summed E-state index contributed by atoms with van der Waals surface area (Å²) in [5, 5.41) is 16.0. The number of anilines is 1. The number of nitrogens with one attached hydrogen (secondary N) is 1. The van der Waals surface area contributed by atoms with Crippen LogP contribution < -0.4 is 10.1 Å². The minimum Gasteiger partial charge on any atom is -0.456 e. The maximum absolute atomic E-state index is 12.8. The van der Waals surface area contributed by atoms with Crippen molar-refractivity contribution in [2.24, 2.45) is 0 Å². The van der Waals surface area contributed by atoms with Crippen LogP contribution in [0.3, 0.4) is 0 Å². The molecule has 0 aliphatic rings. The average molecular weight is 421 g/mol. The molecule has 0 aliphatic carbocycles. The second kappa shape index (κ2) is 8.28. The molecule has 3 rings (SSSR count). The van der Waals surface area contributed by atoms with Gasteiger partial charge in [-0.2, -0.15) is 5.26 Å². The number of aromatic nitrogens is 1. The molecule has 0 aliphatic heterocycles. The molecular weight excluding hydrogens is 402 g/mol. The number of nitrogens with zero attached hydrogens (tertiary/aromatic N) is 2. The lowest BCUT2D eigenvalue weighted by atomic mass is 10.1. The Bertz CT molecular complexity index is 1230. The number of nitriles is 1. The molecule has 1 heterocycles. The van der Waals surface area contributed by atoms with Gasteiger partial charge in [0.05, 0.1) is 28.3 Å². The van der Waals surface area contributed by atoms with E-state index in [-0.39, 0.29) is 28.3 Å². The number of fused-ring (bicyclic) bond motifs is 1. The fraction of sp³-hybridized carbons (Fsp3) is 0.227. The summed E-state index contributed by atoms with van der Waals surface area (Å²) in [6.45, 7) is 6.40. The molecule has 0 fully saturated rings. The molecule has 31 heavy (non-hydrogen) atoms. The van der Waals surface area contributed by atoms with Crippen LogP contribution in [0.4, 0.5) is 5.69 Å². The highest BCUT2D eigenvalue weighted by atomic mass is 16.6. The Morgan fingerprint density at radius 2 is 1.87 bits per heavy atom. The van der Waals surface area contributed by atoms with Crippen molar-refractivity contribution in [1.29, 1.82) is 5.26 Å². The number of carbonyl (C=O) groups excluding carboxylic acids is 3. The number of ether oxygens (including phenoxy) is 2. The predicted octanol–water partition coefficient (Wildman–Crippen LogP) is 3.83. The molecule has 1 aromatic heterocycles. The van der Waals surface area contributed by atoms with Crippen molar-refractivity contribution < 1.29 is 28.4 Å². The van der Waals surface area contributed by atoms with E-state index in [1.165, 1.54) is 43.3 Å². The van der Waals surface area contributed by atoms with E-state index >= 15 is 0 Å². The molecule has 9 heteroatoms. The van der Waals surface area contributed by atoms with Gasteiger partial charge in [-0.25, -0.2) is 4.79 Å². The van der Waals surface area contributed by atoms with Gasteiger partial charge in [0, 0.05) is 13.0 Å². The second-order valence-electron chi connectivity index (χ2n) is 7.61. The highest BCUT2D eigenvalue weighted by Crippen LogP contribution is 2.26. The van der Waals surface area contributed by atoms with Crippen molar-refractivity contribution in [1.82, 2.24) is 5.16 Å². The number of benzene rings is 2. The third kappa shape index (κ3) is 5.05. The largest absolute Gasteiger partial charge is 0.456 e. The first-order valence-electron chi connectivity index (χ1n) is 9.24. The highest BCUT2D eigenvalue weighted by molar-refractivity contribution is 6.12. The third-order valence-corrected chi connectivity index (χ3v) is 3.93. The number of rotatable bonds is 4. The smallest absolute Gasteiger partial charge is 0.340 e. The standard InChI is InChI=1S/C22H19N3O6/c1-12(26)29-14-6-7-15-18(10-14)25-31-19(15)20(27)24-17-8-5-13(11-23)9-16(17)21(28)30-22(2,3)4/h5-10H,1-4H3,(H,24,27). The van der Waals surface area contributed by atoms with Gasteiger partial charge in [0.1, 0.15) is 16.9 Å². The predicted molar refractivity (Wildman–Crippen MR) is 110 cm³/mol. The van der Waals surface area contributed by atoms with Gasteiger partial charge in [-0.1, -0.05) is 5.16 Å². The Kier molecular flexibility index (Phi) is 5.75. The third-order valence-electron chi connectivity index (χ3n) is 3.93. The maximum Gasteiger partial charge on any atom is 0.340 e. The summed E-state index contributed by atoms with van der Waals surface area (Å²) in [5.41, 5.74) is -0.0254. The Morgan fingerprint density at radius 1 is 1.13 bits per heavy atom. The van der Waals surface area contributed by atoms with E-state index in [0.717, 1.165) is 0 Å². The summed E-state index contributed by atoms with van der Waals surface area (Å²) in [6.07, 6.45) is 0. The van der Waals surface area contributed by atoms with Crippen LogP contribution in [0.15, 0.2) is 40.9 Å². The van der Waals surface area contributed by atoms with Crippen molar-refractivity contribution in [3.8, 4) is 11.8 Å². The summed E-state index contributed by atoms with van der Waals surface area (Å²) in [4.78, 5) is 36.5. The van der Waals surface area contributed by atoms with E-state index in [0.29, 0.717) is 10.9 Å². The van der Waals surface area contributed by atoms with Gasteiger partial charge in [0.15, 0.2) is 0 Å². The zero-order valence-electron chi connectivity index (χ0n) is 17.3.